The van der Waals surface area contributed by atoms with Crippen molar-refractivity contribution in [3.05, 3.63) is 131 Å². The molecule has 38 heavy (non-hydrogen) atoms. The largest absolute Gasteiger partial charge is 0.548 e. The molecule has 1 atom stereocenters. The standard InChI is InChI=1S/C32H29NO5/c1-37-28-18-17-25-20-33(31(34)29(23-13-7-3-8-14-23)24-15-9-4-10-16-24)27(32(35)36)19-26(25)30(28)38-21-22-11-5-2-6-12-22/h2-18,27,29H,19-21H2,1H3,(H,35,36)/p-1/t27-/m0/s1. The third kappa shape index (κ3) is 5.11. The van der Waals surface area contributed by atoms with Crippen molar-refractivity contribution >= 4 is 11.9 Å². The van der Waals surface area contributed by atoms with Gasteiger partial charge >= 0.3 is 0 Å². The molecule has 0 saturated heterocycles. The fraction of sp³-hybridized carbons (Fsp3) is 0.188. The number of hydrogen-bond acceptors (Lipinski definition) is 5. The predicted molar refractivity (Wildman–Crippen MR) is 142 cm³/mol. The molecule has 0 aliphatic carbocycles. The van der Waals surface area contributed by atoms with Crippen LogP contribution in [-0.4, -0.2) is 29.9 Å². The fourth-order valence-electron chi connectivity index (χ4n) is 5.04. The average Bonchev–Trinajstić information content (AvgIpc) is 2.96. The van der Waals surface area contributed by atoms with Gasteiger partial charge in [0.15, 0.2) is 11.5 Å². The molecule has 0 radical (unpaired) electrons. The Balaban J connectivity index is 1.52. The minimum absolute atomic E-state index is 0.0566. The number of carbonyl (C=O) groups excluding carboxylic acids is 2. The quantitative estimate of drug-likeness (QED) is 0.359. The lowest BCUT2D eigenvalue weighted by Gasteiger charge is -2.40. The molecule has 0 unspecified atom stereocenters. The molecular formula is C32H28NO5-. The number of fused-ring (bicyclic) bond motifs is 1. The molecule has 6 heteroatoms. The van der Waals surface area contributed by atoms with Crippen LogP contribution in [0.15, 0.2) is 103 Å². The Kier molecular flexibility index (Phi) is 7.40. The van der Waals surface area contributed by atoms with E-state index in [9.17, 15) is 14.7 Å². The highest BCUT2D eigenvalue weighted by Gasteiger charge is 2.37. The molecule has 6 nitrogen and oxygen atoms in total. The van der Waals surface area contributed by atoms with Gasteiger partial charge in [-0.1, -0.05) is 97.1 Å². The first-order chi connectivity index (χ1) is 18.6. The smallest absolute Gasteiger partial charge is 0.235 e. The normalized spacial score (nSPS) is 14.6. The Morgan fingerprint density at radius 2 is 1.45 bits per heavy atom. The van der Waals surface area contributed by atoms with Gasteiger partial charge in [-0.3, -0.25) is 4.79 Å². The van der Waals surface area contributed by atoms with E-state index in [0.717, 1.165) is 27.8 Å². The maximum atomic E-state index is 14.1. The first-order valence-corrected chi connectivity index (χ1v) is 12.5. The van der Waals surface area contributed by atoms with Gasteiger partial charge in [0.05, 0.1) is 25.0 Å². The van der Waals surface area contributed by atoms with Crippen LogP contribution < -0.4 is 14.6 Å². The van der Waals surface area contributed by atoms with Gasteiger partial charge in [-0.15, -0.1) is 0 Å². The number of methoxy groups -OCH3 is 1. The van der Waals surface area contributed by atoms with Crippen LogP contribution in [0.2, 0.25) is 0 Å². The molecule has 0 N–H and O–H groups in total. The van der Waals surface area contributed by atoms with Crippen molar-refractivity contribution < 1.29 is 24.2 Å². The van der Waals surface area contributed by atoms with Crippen molar-refractivity contribution in [3.8, 4) is 11.5 Å². The first-order valence-electron chi connectivity index (χ1n) is 12.5. The lowest BCUT2D eigenvalue weighted by molar-refractivity contribution is -0.311. The van der Waals surface area contributed by atoms with Crippen LogP contribution in [0.3, 0.4) is 0 Å². The van der Waals surface area contributed by atoms with Crippen molar-refractivity contribution in [1.82, 2.24) is 4.90 Å². The summed E-state index contributed by atoms with van der Waals surface area (Å²) in [5, 5.41) is 12.4. The highest BCUT2D eigenvalue weighted by atomic mass is 16.5. The fourth-order valence-corrected chi connectivity index (χ4v) is 5.04. The van der Waals surface area contributed by atoms with E-state index < -0.39 is 17.9 Å². The summed E-state index contributed by atoms with van der Waals surface area (Å²) in [5.74, 6) is -1.23. The number of carboxylic acid groups (broad SMARTS) is 1. The van der Waals surface area contributed by atoms with Crippen LogP contribution in [0, 0.1) is 0 Å². The summed E-state index contributed by atoms with van der Waals surface area (Å²) in [6, 6.07) is 31.1. The third-order valence-electron chi connectivity index (χ3n) is 6.95. The van der Waals surface area contributed by atoms with Crippen LogP contribution in [0.1, 0.15) is 33.7 Å². The molecule has 0 aromatic heterocycles. The van der Waals surface area contributed by atoms with Crippen LogP contribution in [0.25, 0.3) is 0 Å². The van der Waals surface area contributed by atoms with Gasteiger partial charge in [-0.05, 0) is 28.3 Å². The second-order valence-electron chi connectivity index (χ2n) is 9.27. The van der Waals surface area contributed by atoms with Gasteiger partial charge < -0.3 is 24.3 Å². The highest BCUT2D eigenvalue weighted by Crippen LogP contribution is 2.40. The van der Waals surface area contributed by atoms with E-state index in [1.54, 1.807) is 13.2 Å². The van der Waals surface area contributed by atoms with Gasteiger partial charge in [0, 0.05) is 18.5 Å². The van der Waals surface area contributed by atoms with Crippen LogP contribution in [0.5, 0.6) is 11.5 Å². The van der Waals surface area contributed by atoms with Crippen molar-refractivity contribution in [1.29, 1.82) is 0 Å². The van der Waals surface area contributed by atoms with E-state index >= 15 is 0 Å². The molecule has 5 rings (SSSR count). The molecule has 192 valence electrons. The number of rotatable bonds is 8. The second-order valence-corrected chi connectivity index (χ2v) is 9.27. The zero-order chi connectivity index (χ0) is 26.5. The lowest BCUT2D eigenvalue weighted by atomic mass is 9.87. The number of ether oxygens (including phenoxy) is 2. The van der Waals surface area contributed by atoms with E-state index in [4.69, 9.17) is 9.47 Å². The summed E-state index contributed by atoms with van der Waals surface area (Å²) < 4.78 is 11.7. The summed E-state index contributed by atoms with van der Waals surface area (Å²) >= 11 is 0. The molecule has 0 bridgehead atoms. The van der Waals surface area contributed by atoms with Crippen molar-refractivity contribution in [2.75, 3.05) is 7.11 Å². The lowest BCUT2D eigenvalue weighted by Crippen LogP contribution is -2.54. The minimum Gasteiger partial charge on any atom is -0.548 e. The number of carbonyl (C=O) groups is 2. The van der Waals surface area contributed by atoms with Gasteiger partial charge in [-0.25, -0.2) is 0 Å². The van der Waals surface area contributed by atoms with E-state index in [0.29, 0.717) is 18.1 Å². The molecular weight excluding hydrogens is 478 g/mol. The summed E-state index contributed by atoms with van der Waals surface area (Å²) in [5.41, 5.74) is 4.11. The van der Waals surface area contributed by atoms with Crippen molar-refractivity contribution in [3.63, 3.8) is 0 Å². The summed E-state index contributed by atoms with van der Waals surface area (Å²) in [6.07, 6.45) is 0.0566. The van der Waals surface area contributed by atoms with Crippen LogP contribution >= 0.6 is 0 Å². The van der Waals surface area contributed by atoms with E-state index in [-0.39, 0.29) is 18.9 Å². The molecule has 1 aliphatic heterocycles. The van der Waals surface area contributed by atoms with Crippen molar-refractivity contribution in [2.45, 2.75) is 31.5 Å². The van der Waals surface area contributed by atoms with Gasteiger partial charge in [0.2, 0.25) is 5.91 Å². The van der Waals surface area contributed by atoms with Crippen LogP contribution in [0.4, 0.5) is 0 Å². The minimum atomic E-state index is -1.30. The highest BCUT2D eigenvalue weighted by molar-refractivity contribution is 5.91. The number of hydrogen-bond donors (Lipinski definition) is 0. The maximum absolute atomic E-state index is 14.1. The molecule has 0 spiro atoms. The van der Waals surface area contributed by atoms with Crippen molar-refractivity contribution in [2.24, 2.45) is 0 Å². The van der Waals surface area contributed by atoms with Gasteiger partial charge in [0.25, 0.3) is 0 Å². The molecule has 1 amide bonds. The molecule has 0 fully saturated rings. The summed E-state index contributed by atoms with van der Waals surface area (Å²) in [6.45, 7) is 0.422. The SMILES string of the molecule is COc1ccc2c(c1OCc1ccccc1)C[C@@H](C(=O)[O-])N(C(=O)C(c1ccccc1)c1ccccc1)C2. The monoisotopic (exact) mass is 506 g/mol. The number of benzene rings is 4. The van der Waals surface area contributed by atoms with E-state index in [2.05, 4.69) is 0 Å². The summed E-state index contributed by atoms with van der Waals surface area (Å²) in [7, 11) is 1.55. The number of nitrogens with zero attached hydrogens (tertiary/aromatic N) is 1. The second kappa shape index (κ2) is 11.2. The molecule has 1 heterocycles. The predicted octanol–water partition coefficient (Wildman–Crippen LogP) is 4.11. The first kappa shape index (κ1) is 25.1. The molecule has 0 saturated carbocycles. The Morgan fingerprint density at radius 3 is 2.00 bits per heavy atom. The van der Waals surface area contributed by atoms with Gasteiger partial charge in [-0.2, -0.15) is 0 Å². The third-order valence-corrected chi connectivity index (χ3v) is 6.95. The van der Waals surface area contributed by atoms with Gasteiger partial charge in [0.1, 0.15) is 6.61 Å². The van der Waals surface area contributed by atoms with E-state index in [1.165, 1.54) is 4.90 Å². The molecule has 4 aromatic carbocycles. The molecule has 1 aliphatic rings. The van der Waals surface area contributed by atoms with Crippen LogP contribution in [-0.2, 0) is 29.2 Å². The zero-order valence-corrected chi connectivity index (χ0v) is 21.1. The average molecular weight is 507 g/mol. The zero-order valence-electron chi connectivity index (χ0n) is 21.1. The van der Waals surface area contributed by atoms with E-state index in [1.807, 2.05) is 97.1 Å². The Labute approximate surface area is 222 Å². The topological polar surface area (TPSA) is 78.9 Å². The number of aliphatic carboxylic acids is 1. The maximum Gasteiger partial charge on any atom is 0.235 e. The number of carboxylic acids is 1. The Bertz CT molecular complexity index is 1370. The summed E-state index contributed by atoms with van der Waals surface area (Å²) in [4.78, 5) is 28.0. The Morgan fingerprint density at radius 1 is 0.868 bits per heavy atom. The number of amides is 1. The Hall–Kier alpha value is -4.58. The molecule has 4 aromatic rings.